The van der Waals surface area contributed by atoms with Crippen molar-refractivity contribution in [3.8, 4) is 0 Å². The van der Waals surface area contributed by atoms with E-state index in [1.54, 1.807) is 12.1 Å². The molecule has 0 radical (unpaired) electrons. The van der Waals surface area contributed by atoms with Crippen molar-refractivity contribution < 1.29 is 4.79 Å². The quantitative estimate of drug-likeness (QED) is 0.902. The summed E-state index contributed by atoms with van der Waals surface area (Å²) in [5.41, 5.74) is 7.81. The Balaban J connectivity index is 1.63. The zero-order valence-corrected chi connectivity index (χ0v) is 14.2. The smallest absolute Gasteiger partial charge is 0.239 e. The van der Waals surface area contributed by atoms with Crippen molar-refractivity contribution in [3.05, 3.63) is 64.9 Å². The molecule has 2 aromatic rings. The minimum atomic E-state index is -0.398. The lowest BCUT2D eigenvalue weighted by molar-refractivity contribution is -0.124. The Morgan fingerprint density at radius 1 is 1.08 bits per heavy atom. The molecule has 1 saturated heterocycles. The molecule has 1 atom stereocenters. The van der Waals surface area contributed by atoms with Crippen molar-refractivity contribution in [2.75, 3.05) is 26.2 Å². The van der Waals surface area contributed by atoms with Crippen molar-refractivity contribution in [1.82, 2.24) is 14.8 Å². The highest BCUT2D eigenvalue weighted by Gasteiger charge is 2.28. The molecule has 6 heteroatoms. The summed E-state index contributed by atoms with van der Waals surface area (Å²) >= 11 is 5.94. The van der Waals surface area contributed by atoms with Gasteiger partial charge < -0.3 is 5.73 Å². The molecular formula is C18H21ClN4O. The number of carbonyl (C=O) groups is 1. The van der Waals surface area contributed by atoms with Gasteiger partial charge in [0.05, 0.1) is 0 Å². The van der Waals surface area contributed by atoms with Gasteiger partial charge in [-0.15, -0.1) is 0 Å². The van der Waals surface area contributed by atoms with E-state index in [2.05, 4.69) is 14.8 Å². The van der Waals surface area contributed by atoms with Crippen LogP contribution in [0.2, 0.25) is 5.02 Å². The Morgan fingerprint density at radius 3 is 2.29 bits per heavy atom. The third kappa shape index (κ3) is 4.12. The number of benzene rings is 1. The lowest BCUT2D eigenvalue weighted by atomic mass is 10.0. The molecule has 1 aliphatic heterocycles. The zero-order chi connectivity index (χ0) is 16.9. The first-order valence-electron chi connectivity index (χ1n) is 8.03. The van der Waals surface area contributed by atoms with E-state index in [1.165, 1.54) is 5.56 Å². The van der Waals surface area contributed by atoms with Crippen LogP contribution in [0.1, 0.15) is 17.2 Å². The van der Waals surface area contributed by atoms with Crippen LogP contribution in [0.25, 0.3) is 0 Å². The minimum absolute atomic E-state index is 0.320. The highest BCUT2D eigenvalue weighted by atomic mass is 35.5. The number of hydrogen-bond acceptors (Lipinski definition) is 4. The van der Waals surface area contributed by atoms with E-state index in [1.807, 2.05) is 36.7 Å². The summed E-state index contributed by atoms with van der Waals surface area (Å²) in [6.07, 6.45) is 3.63. The summed E-state index contributed by atoms with van der Waals surface area (Å²) < 4.78 is 0. The fourth-order valence-electron chi connectivity index (χ4n) is 3.13. The summed E-state index contributed by atoms with van der Waals surface area (Å²) in [6.45, 7) is 4.32. The first-order valence-corrected chi connectivity index (χ1v) is 8.41. The van der Waals surface area contributed by atoms with E-state index in [9.17, 15) is 4.79 Å². The summed E-state index contributed by atoms with van der Waals surface area (Å²) in [5, 5.41) is 0.657. The van der Waals surface area contributed by atoms with Gasteiger partial charge in [-0.3, -0.25) is 19.6 Å². The van der Waals surface area contributed by atoms with Crippen LogP contribution in [-0.2, 0) is 11.3 Å². The van der Waals surface area contributed by atoms with Crippen LogP contribution in [0, 0.1) is 0 Å². The fourth-order valence-corrected chi connectivity index (χ4v) is 3.25. The van der Waals surface area contributed by atoms with Crippen LogP contribution >= 0.6 is 11.6 Å². The van der Waals surface area contributed by atoms with Crippen molar-refractivity contribution in [2.45, 2.75) is 12.6 Å². The van der Waals surface area contributed by atoms with E-state index < -0.39 is 6.04 Å². The number of nitrogens with two attached hydrogens (primary N) is 1. The molecule has 126 valence electrons. The maximum atomic E-state index is 12.0. The molecule has 24 heavy (non-hydrogen) atoms. The molecule has 3 rings (SSSR count). The average Bonchev–Trinajstić information content (AvgIpc) is 2.59. The van der Waals surface area contributed by atoms with Crippen LogP contribution in [-0.4, -0.2) is 46.9 Å². The van der Waals surface area contributed by atoms with E-state index in [0.717, 1.165) is 38.3 Å². The molecule has 0 unspecified atom stereocenters. The summed E-state index contributed by atoms with van der Waals surface area (Å²) in [6, 6.07) is 11.0. The van der Waals surface area contributed by atoms with Gasteiger partial charge in [-0.1, -0.05) is 23.7 Å². The Bertz CT molecular complexity index is 669. The van der Waals surface area contributed by atoms with E-state index in [0.29, 0.717) is 5.02 Å². The van der Waals surface area contributed by atoms with Gasteiger partial charge in [0.15, 0.2) is 0 Å². The fraction of sp³-hybridized carbons (Fsp3) is 0.333. The van der Waals surface area contributed by atoms with Gasteiger partial charge in [0.25, 0.3) is 0 Å². The second-order valence-corrected chi connectivity index (χ2v) is 6.46. The number of hydrogen-bond donors (Lipinski definition) is 1. The van der Waals surface area contributed by atoms with Gasteiger partial charge in [0, 0.05) is 50.1 Å². The number of carbonyl (C=O) groups excluding carboxylic acids is 1. The topological polar surface area (TPSA) is 62.5 Å². The molecule has 0 saturated carbocycles. The highest BCUT2D eigenvalue weighted by Crippen LogP contribution is 2.24. The van der Waals surface area contributed by atoms with Crippen molar-refractivity contribution in [1.29, 1.82) is 0 Å². The number of amides is 1. The Labute approximate surface area is 147 Å². The predicted octanol–water partition coefficient (Wildman–Crippen LogP) is 2.08. The number of aromatic nitrogens is 1. The average molecular weight is 345 g/mol. The summed E-state index contributed by atoms with van der Waals surface area (Å²) in [5.74, 6) is -0.320. The van der Waals surface area contributed by atoms with Gasteiger partial charge in [-0.25, -0.2) is 0 Å². The Hall–Kier alpha value is -1.95. The number of rotatable bonds is 5. The van der Waals surface area contributed by atoms with Crippen LogP contribution in [0.5, 0.6) is 0 Å². The SMILES string of the molecule is NC(=O)[C@@H](c1ccc(Cl)cc1)N1CCN(Cc2ccncc2)CC1. The van der Waals surface area contributed by atoms with Gasteiger partial charge in [-0.2, -0.15) is 0 Å². The molecular weight excluding hydrogens is 324 g/mol. The molecule has 2 N–H and O–H groups in total. The minimum Gasteiger partial charge on any atom is -0.368 e. The second-order valence-electron chi connectivity index (χ2n) is 6.02. The maximum absolute atomic E-state index is 12.0. The van der Waals surface area contributed by atoms with E-state index in [-0.39, 0.29) is 5.91 Å². The van der Waals surface area contributed by atoms with Gasteiger partial charge in [-0.05, 0) is 35.4 Å². The number of pyridine rings is 1. The number of primary amides is 1. The zero-order valence-electron chi connectivity index (χ0n) is 13.4. The van der Waals surface area contributed by atoms with Gasteiger partial charge >= 0.3 is 0 Å². The number of nitrogens with zero attached hydrogens (tertiary/aromatic N) is 3. The normalized spacial score (nSPS) is 17.5. The maximum Gasteiger partial charge on any atom is 0.239 e. The van der Waals surface area contributed by atoms with E-state index >= 15 is 0 Å². The monoisotopic (exact) mass is 344 g/mol. The third-order valence-electron chi connectivity index (χ3n) is 4.38. The van der Waals surface area contributed by atoms with Crippen LogP contribution in [0.15, 0.2) is 48.8 Å². The van der Waals surface area contributed by atoms with Gasteiger partial charge in [0.2, 0.25) is 5.91 Å². The standard InChI is InChI=1S/C18H21ClN4O/c19-16-3-1-15(2-4-16)17(18(20)24)23-11-9-22(10-12-23)13-14-5-7-21-8-6-14/h1-8,17H,9-13H2,(H2,20,24)/t17-/m1/s1. The van der Waals surface area contributed by atoms with Crippen molar-refractivity contribution in [2.24, 2.45) is 5.73 Å². The molecule has 0 bridgehead atoms. The van der Waals surface area contributed by atoms with Gasteiger partial charge in [0.1, 0.15) is 6.04 Å². The number of piperazine rings is 1. The first kappa shape index (κ1) is 16.9. The number of halogens is 1. The van der Waals surface area contributed by atoms with Crippen LogP contribution < -0.4 is 5.73 Å². The molecule has 1 amide bonds. The van der Waals surface area contributed by atoms with Crippen LogP contribution in [0.3, 0.4) is 0 Å². The first-order chi connectivity index (χ1) is 11.6. The molecule has 2 heterocycles. The second kappa shape index (κ2) is 7.75. The van der Waals surface area contributed by atoms with E-state index in [4.69, 9.17) is 17.3 Å². The predicted molar refractivity (Wildman–Crippen MR) is 94.5 cm³/mol. The molecule has 1 aromatic carbocycles. The molecule has 5 nitrogen and oxygen atoms in total. The molecule has 0 spiro atoms. The molecule has 1 aliphatic rings. The lowest BCUT2D eigenvalue weighted by Gasteiger charge is -2.38. The van der Waals surface area contributed by atoms with Crippen LogP contribution in [0.4, 0.5) is 0 Å². The largest absolute Gasteiger partial charge is 0.368 e. The van der Waals surface area contributed by atoms with Crippen molar-refractivity contribution >= 4 is 17.5 Å². The molecule has 1 fully saturated rings. The molecule has 1 aromatic heterocycles. The Kier molecular flexibility index (Phi) is 5.45. The Morgan fingerprint density at radius 2 is 1.71 bits per heavy atom. The molecule has 0 aliphatic carbocycles. The highest BCUT2D eigenvalue weighted by molar-refractivity contribution is 6.30. The van der Waals surface area contributed by atoms with Crippen molar-refractivity contribution in [3.63, 3.8) is 0 Å². The lowest BCUT2D eigenvalue weighted by Crippen LogP contribution is -2.49. The summed E-state index contributed by atoms with van der Waals surface area (Å²) in [4.78, 5) is 20.6. The third-order valence-corrected chi connectivity index (χ3v) is 4.63. The summed E-state index contributed by atoms with van der Waals surface area (Å²) in [7, 11) is 0.